The van der Waals surface area contributed by atoms with Crippen molar-refractivity contribution in [3.8, 4) is 6.07 Å². The third-order valence-electron chi connectivity index (χ3n) is 1.37. The van der Waals surface area contributed by atoms with Gasteiger partial charge in [-0.2, -0.15) is 5.26 Å². The molecule has 0 aromatic heterocycles. The highest BCUT2D eigenvalue weighted by Gasteiger charge is 1.89. The molecule has 0 fully saturated rings. The molecule has 0 saturated heterocycles. The first-order chi connectivity index (χ1) is 5.86. The van der Waals surface area contributed by atoms with Gasteiger partial charge < -0.3 is 5.32 Å². The largest absolute Gasteiger partial charge is 0.347 e. The fourth-order valence-corrected chi connectivity index (χ4v) is 0.780. The number of nitrogens with zero attached hydrogens (tertiary/aromatic N) is 2. The second-order valence-corrected chi connectivity index (χ2v) is 2.22. The fourth-order valence-electron chi connectivity index (χ4n) is 0.780. The number of anilines is 1. The first-order valence-corrected chi connectivity index (χ1v) is 3.54. The van der Waals surface area contributed by atoms with Gasteiger partial charge in [0, 0.05) is 12.7 Å². The summed E-state index contributed by atoms with van der Waals surface area (Å²) in [4.78, 5) is 3.77. The van der Waals surface area contributed by atoms with E-state index in [4.69, 9.17) is 5.26 Å². The zero-order valence-corrected chi connectivity index (χ0v) is 6.78. The van der Waals surface area contributed by atoms with E-state index in [1.54, 1.807) is 25.5 Å². The van der Waals surface area contributed by atoms with Crippen LogP contribution in [0.25, 0.3) is 0 Å². The van der Waals surface area contributed by atoms with Crippen LogP contribution >= 0.6 is 0 Å². The van der Waals surface area contributed by atoms with Gasteiger partial charge >= 0.3 is 0 Å². The van der Waals surface area contributed by atoms with Crippen molar-refractivity contribution in [3.05, 3.63) is 29.8 Å². The molecule has 0 aliphatic carbocycles. The Morgan fingerprint density at radius 2 is 2.08 bits per heavy atom. The monoisotopic (exact) mass is 159 g/mol. The Balaban J connectivity index is 2.73. The molecular weight excluding hydrogens is 150 g/mol. The Morgan fingerprint density at radius 3 is 2.58 bits per heavy atom. The Bertz CT molecular complexity index is 306. The SMILES string of the molecule is CN=CNc1ccc(C#N)cc1. The standard InChI is InChI=1S/C9H9N3/c1-11-7-12-9-4-2-8(6-10)3-5-9/h2-5,7H,1H3,(H,11,12). The maximum absolute atomic E-state index is 8.51. The molecule has 1 N–H and O–H groups in total. The molecule has 1 rings (SSSR count). The number of hydrogen-bond acceptors (Lipinski definition) is 2. The van der Waals surface area contributed by atoms with Crippen molar-refractivity contribution in [2.45, 2.75) is 0 Å². The average molecular weight is 159 g/mol. The number of benzene rings is 1. The zero-order chi connectivity index (χ0) is 8.81. The number of nitrogens with one attached hydrogen (secondary N) is 1. The Morgan fingerprint density at radius 1 is 1.42 bits per heavy atom. The smallest absolute Gasteiger partial charge is 0.0991 e. The minimum atomic E-state index is 0.661. The maximum Gasteiger partial charge on any atom is 0.0991 e. The molecule has 60 valence electrons. The Labute approximate surface area is 71.4 Å². The number of aliphatic imine (C=N–C) groups is 1. The normalized spacial score (nSPS) is 9.67. The lowest BCUT2D eigenvalue weighted by molar-refractivity contribution is 1.45. The second kappa shape index (κ2) is 4.14. The topological polar surface area (TPSA) is 48.2 Å². The Kier molecular flexibility index (Phi) is 2.86. The van der Waals surface area contributed by atoms with Crippen molar-refractivity contribution in [1.82, 2.24) is 0 Å². The first kappa shape index (κ1) is 8.28. The van der Waals surface area contributed by atoms with Crippen LogP contribution in [-0.4, -0.2) is 13.4 Å². The lowest BCUT2D eigenvalue weighted by Crippen LogP contribution is -1.93. The zero-order valence-electron chi connectivity index (χ0n) is 6.78. The quantitative estimate of drug-likeness (QED) is 0.526. The number of hydrogen-bond donors (Lipinski definition) is 1. The van der Waals surface area contributed by atoms with E-state index in [0.717, 1.165) is 5.69 Å². The van der Waals surface area contributed by atoms with Gasteiger partial charge in [0.25, 0.3) is 0 Å². The summed E-state index contributed by atoms with van der Waals surface area (Å²) in [6, 6.07) is 9.23. The molecule has 0 aliphatic rings. The van der Waals surface area contributed by atoms with Crippen LogP contribution < -0.4 is 5.32 Å². The first-order valence-electron chi connectivity index (χ1n) is 3.54. The summed E-state index contributed by atoms with van der Waals surface area (Å²) in [5.41, 5.74) is 1.59. The molecule has 0 bridgehead atoms. The van der Waals surface area contributed by atoms with Crippen molar-refractivity contribution in [3.63, 3.8) is 0 Å². The lowest BCUT2D eigenvalue weighted by Gasteiger charge is -1.97. The van der Waals surface area contributed by atoms with Gasteiger partial charge in [-0.05, 0) is 24.3 Å². The van der Waals surface area contributed by atoms with Crippen molar-refractivity contribution in [2.75, 3.05) is 12.4 Å². The summed E-state index contributed by atoms with van der Waals surface area (Å²) >= 11 is 0. The van der Waals surface area contributed by atoms with Gasteiger partial charge in [-0.1, -0.05) is 0 Å². The van der Waals surface area contributed by atoms with Crippen LogP contribution in [-0.2, 0) is 0 Å². The highest BCUT2D eigenvalue weighted by Crippen LogP contribution is 2.06. The van der Waals surface area contributed by atoms with E-state index in [1.807, 2.05) is 18.2 Å². The minimum absolute atomic E-state index is 0.661. The molecule has 12 heavy (non-hydrogen) atoms. The van der Waals surface area contributed by atoms with Crippen LogP contribution in [0, 0.1) is 11.3 Å². The van der Waals surface area contributed by atoms with Crippen molar-refractivity contribution >= 4 is 12.0 Å². The molecule has 0 unspecified atom stereocenters. The highest BCUT2D eigenvalue weighted by molar-refractivity contribution is 5.75. The van der Waals surface area contributed by atoms with Gasteiger partial charge in [-0.15, -0.1) is 0 Å². The van der Waals surface area contributed by atoms with Crippen LogP contribution in [0.1, 0.15) is 5.56 Å². The molecule has 3 heteroatoms. The molecule has 0 aliphatic heterocycles. The third-order valence-corrected chi connectivity index (χ3v) is 1.37. The van der Waals surface area contributed by atoms with Gasteiger partial charge in [0.05, 0.1) is 18.0 Å². The van der Waals surface area contributed by atoms with Crippen LogP contribution in [0.4, 0.5) is 5.69 Å². The molecule has 0 amide bonds. The van der Waals surface area contributed by atoms with Gasteiger partial charge in [0.2, 0.25) is 0 Å². The molecule has 1 aromatic carbocycles. The second-order valence-electron chi connectivity index (χ2n) is 2.22. The van der Waals surface area contributed by atoms with E-state index in [-0.39, 0.29) is 0 Å². The van der Waals surface area contributed by atoms with Crippen LogP contribution in [0.15, 0.2) is 29.3 Å². The van der Waals surface area contributed by atoms with Crippen molar-refractivity contribution in [2.24, 2.45) is 4.99 Å². The van der Waals surface area contributed by atoms with E-state index < -0.39 is 0 Å². The maximum atomic E-state index is 8.51. The van der Waals surface area contributed by atoms with E-state index >= 15 is 0 Å². The van der Waals surface area contributed by atoms with Gasteiger partial charge in [-0.25, -0.2) is 0 Å². The molecule has 0 heterocycles. The van der Waals surface area contributed by atoms with Crippen LogP contribution in [0.3, 0.4) is 0 Å². The summed E-state index contributed by atoms with van der Waals surface area (Å²) in [5.74, 6) is 0. The molecule has 1 aromatic rings. The van der Waals surface area contributed by atoms with Gasteiger partial charge in [0.1, 0.15) is 0 Å². The molecular formula is C9H9N3. The van der Waals surface area contributed by atoms with Crippen LogP contribution in [0.5, 0.6) is 0 Å². The van der Waals surface area contributed by atoms with Gasteiger partial charge in [0.15, 0.2) is 0 Å². The van der Waals surface area contributed by atoms with E-state index in [2.05, 4.69) is 10.3 Å². The highest BCUT2D eigenvalue weighted by atomic mass is 14.9. The van der Waals surface area contributed by atoms with E-state index in [0.29, 0.717) is 5.56 Å². The molecule has 3 nitrogen and oxygen atoms in total. The summed E-state index contributed by atoms with van der Waals surface area (Å²) in [6.45, 7) is 0. The molecule has 0 radical (unpaired) electrons. The number of rotatable bonds is 2. The fraction of sp³-hybridized carbons (Fsp3) is 0.111. The number of nitriles is 1. The minimum Gasteiger partial charge on any atom is -0.347 e. The molecule has 0 atom stereocenters. The van der Waals surface area contributed by atoms with Crippen molar-refractivity contribution < 1.29 is 0 Å². The van der Waals surface area contributed by atoms with Crippen molar-refractivity contribution in [1.29, 1.82) is 5.26 Å². The van der Waals surface area contributed by atoms with Gasteiger partial charge in [-0.3, -0.25) is 4.99 Å². The van der Waals surface area contributed by atoms with Crippen LogP contribution in [0.2, 0.25) is 0 Å². The summed E-state index contributed by atoms with van der Waals surface area (Å²) in [6.07, 6.45) is 1.60. The summed E-state index contributed by atoms with van der Waals surface area (Å²) < 4.78 is 0. The lowest BCUT2D eigenvalue weighted by atomic mass is 10.2. The Hall–Kier alpha value is -1.82. The molecule has 0 saturated carbocycles. The van der Waals surface area contributed by atoms with E-state index in [9.17, 15) is 0 Å². The average Bonchev–Trinajstić information content (AvgIpc) is 2.15. The molecule has 0 spiro atoms. The summed E-state index contributed by atoms with van der Waals surface area (Å²) in [5, 5.41) is 11.5. The predicted octanol–water partition coefficient (Wildman–Crippen LogP) is 1.63. The predicted molar refractivity (Wildman–Crippen MR) is 49.2 cm³/mol. The van der Waals surface area contributed by atoms with E-state index in [1.165, 1.54) is 0 Å². The third kappa shape index (κ3) is 2.10. The summed E-state index contributed by atoms with van der Waals surface area (Å²) in [7, 11) is 1.69.